The maximum absolute atomic E-state index is 13.2. The van der Waals surface area contributed by atoms with Crippen molar-refractivity contribution < 1.29 is 14.6 Å². The highest BCUT2D eigenvalue weighted by molar-refractivity contribution is 5.94. The SMILES string of the molecule is Cn1cc(CN2CCC(O)C2)c(C(=O)N2CCOCC23CCC3)n1. The highest BCUT2D eigenvalue weighted by Gasteiger charge is 2.47. The molecule has 0 radical (unpaired) electrons. The second kappa shape index (κ2) is 6.13. The van der Waals surface area contributed by atoms with Crippen LogP contribution in [0.1, 0.15) is 41.7 Å². The Morgan fingerprint density at radius 1 is 1.46 bits per heavy atom. The molecule has 24 heavy (non-hydrogen) atoms. The average molecular weight is 334 g/mol. The number of hydrogen-bond acceptors (Lipinski definition) is 5. The van der Waals surface area contributed by atoms with E-state index in [1.165, 1.54) is 0 Å². The smallest absolute Gasteiger partial charge is 0.275 e. The minimum Gasteiger partial charge on any atom is -0.392 e. The number of amides is 1. The maximum Gasteiger partial charge on any atom is 0.275 e. The van der Waals surface area contributed by atoms with Gasteiger partial charge in [0, 0.05) is 45.0 Å². The largest absolute Gasteiger partial charge is 0.392 e. The Labute approximate surface area is 142 Å². The third-order valence-electron chi connectivity index (χ3n) is 5.68. The summed E-state index contributed by atoms with van der Waals surface area (Å²) in [6.07, 6.45) is 5.70. The van der Waals surface area contributed by atoms with Crippen LogP contribution in [-0.2, 0) is 18.3 Å². The van der Waals surface area contributed by atoms with Crippen LogP contribution in [-0.4, -0.2) is 75.1 Å². The van der Waals surface area contributed by atoms with Gasteiger partial charge in [0.1, 0.15) is 0 Å². The van der Waals surface area contributed by atoms with E-state index in [4.69, 9.17) is 4.74 Å². The molecule has 3 heterocycles. The second-order valence-electron chi connectivity index (χ2n) is 7.44. The lowest BCUT2D eigenvalue weighted by Crippen LogP contribution is -2.62. The highest BCUT2D eigenvalue weighted by Crippen LogP contribution is 2.40. The van der Waals surface area contributed by atoms with Gasteiger partial charge in [-0.15, -0.1) is 0 Å². The van der Waals surface area contributed by atoms with E-state index in [0.29, 0.717) is 38.5 Å². The summed E-state index contributed by atoms with van der Waals surface area (Å²) in [7, 11) is 1.86. The molecule has 3 aliphatic rings. The first-order chi connectivity index (χ1) is 11.6. The van der Waals surface area contributed by atoms with Gasteiger partial charge in [-0.1, -0.05) is 0 Å². The Morgan fingerprint density at radius 3 is 2.96 bits per heavy atom. The first-order valence-electron chi connectivity index (χ1n) is 8.90. The molecule has 1 aromatic rings. The molecule has 2 saturated heterocycles. The predicted molar refractivity (Wildman–Crippen MR) is 87.5 cm³/mol. The van der Waals surface area contributed by atoms with Crippen molar-refractivity contribution in [2.45, 2.75) is 43.9 Å². The topological polar surface area (TPSA) is 70.8 Å². The summed E-state index contributed by atoms with van der Waals surface area (Å²) in [4.78, 5) is 17.4. The fourth-order valence-corrected chi connectivity index (χ4v) is 4.21. The highest BCUT2D eigenvalue weighted by atomic mass is 16.5. The van der Waals surface area contributed by atoms with Crippen molar-refractivity contribution in [3.8, 4) is 0 Å². The molecule has 1 atom stereocenters. The second-order valence-corrected chi connectivity index (χ2v) is 7.44. The molecule has 7 heteroatoms. The van der Waals surface area contributed by atoms with Crippen LogP contribution in [0.5, 0.6) is 0 Å². The van der Waals surface area contributed by atoms with Crippen LogP contribution in [0.25, 0.3) is 0 Å². The first-order valence-corrected chi connectivity index (χ1v) is 8.90. The molecule has 1 aliphatic carbocycles. The van der Waals surface area contributed by atoms with Gasteiger partial charge in [-0.2, -0.15) is 5.10 Å². The van der Waals surface area contributed by atoms with E-state index >= 15 is 0 Å². The lowest BCUT2D eigenvalue weighted by molar-refractivity contribution is -0.0879. The first kappa shape index (κ1) is 16.1. The van der Waals surface area contributed by atoms with Gasteiger partial charge in [0.05, 0.1) is 24.9 Å². The van der Waals surface area contributed by atoms with Crippen molar-refractivity contribution >= 4 is 5.91 Å². The van der Waals surface area contributed by atoms with Gasteiger partial charge < -0.3 is 14.7 Å². The fraction of sp³-hybridized carbons (Fsp3) is 0.765. The Bertz CT molecular complexity index is 625. The molecule has 2 aliphatic heterocycles. The number of β-amino-alcohol motifs (C(OH)–C–C–N with tert-alkyl or cyclic N) is 1. The quantitative estimate of drug-likeness (QED) is 0.865. The van der Waals surface area contributed by atoms with E-state index in [2.05, 4.69) is 10.00 Å². The molecule has 1 aromatic heterocycles. The van der Waals surface area contributed by atoms with Crippen LogP contribution < -0.4 is 0 Å². The van der Waals surface area contributed by atoms with Crippen molar-refractivity contribution in [1.82, 2.24) is 19.6 Å². The van der Waals surface area contributed by atoms with Crippen LogP contribution in [0.3, 0.4) is 0 Å². The Kier molecular flexibility index (Phi) is 4.10. The minimum atomic E-state index is -0.252. The predicted octanol–water partition coefficient (Wildman–Crippen LogP) is 0.382. The number of carbonyl (C=O) groups is 1. The number of aryl methyl sites for hydroxylation is 1. The summed E-state index contributed by atoms with van der Waals surface area (Å²) in [6.45, 7) is 4.11. The molecule has 1 amide bonds. The van der Waals surface area contributed by atoms with E-state index in [1.807, 2.05) is 18.1 Å². The zero-order valence-corrected chi connectivity index (χ0v) is 14.3. The van der Waals surface area contributed by atoms with Crippen LogP contribution >= 0.6 is 0 Å². The molecule has 3 fully saturated rings. The van der Waals surface area contributed by atoms with Crippen molar-refractivity contribution in [2.75, 3.05) is 32.8 Å². The molecule has 0 bridgehead atoms. The number of carbonyl (C=O) groups excluding carboxylic acids is 1. The molecule has 7 nitrogen and oxygen atoms in total. The number of morpholine rings is 1. The van der Waals surface area contributed by atoms with Gasteiger partial charge in [-0.3, -0.25) is 14.4 Å². The van der Waals surface area contributed by atoms with Crippen molar-refractivity contribution in [3.05, 3.63) is 17.5 Å². The molecular weight excluding hydrogens is 308 g/mol. The third kappa shape index (κ3) is 2.74. The van der Waals surface area contributed by atoms with E-state index in [9.17, 15) is 9.90 Å². The standard InChI is InChI=1S/C17H26N4O3/c1-19-9-13(10-20-6-3-14(22)11-20)15(18-19)16(23)21-7-8-24-12-17(21)4-2-5-17/h9,14,22H,2-8,10-12H2,1H3. The molecule has 1 spiro atoms. The minimum absolute atomic E-state index is 0.0355. The summed E-state index contributed by atoms with van der Waals surface area (Å²) >= 11 is 0. The normalized spacial score (nSPS) is 26.8. The number of aromatic nitrogens is 2. The van der Waals surface area contributed by atoms with Gasteiger partial charge in [-0.25, -0.2) is 0 Å². The van der Waals surface area contributed by atoms with Crippen molar-refractivity contribution in [2.24, 2.45) is 7.05 Å². The molecule has 1 unspecified atom stereocenters. The monoisotopic (exact) mass is 334 g/mol. The van der Waals surface area contributed by atoms with Gasteiger partial charge in [-0.05, 0) is 25.7 Å². The number of aliphatic hydroxyl groups is 1. The number of hydrogen-bond donors (Lipinski definition) is 1. The van der Waals surface area contributed by atoms with Gasteiger partial charge in [0.15, 0.2) is 5.69 Å². The molecule has 0 aromatic carbocycles. The van der Waals surface area contributed by atoms with E-state index in [-0.39, 0.29) is 17.6 Å². The van der Waals surface area contributed by atoms with Crippen LogP contribution in [0, 0.1) is 0 Å². The number of rotatable bonds is 3. The molecular formula is C17H26N4O3. The van der Waals surface area contributed by atoms with Crippen molar-refractivity contribution in [1.29, 1.82) is 0 Å². The summed E-state index contributed by atoms with van der Waals surface area (Å²) in [5.41, 5.74) is 1.41. The van der Waals surface area contributed by atoms with E-state index in [1.54, 1.807) is 4.68 Å². The summed E-state index contributed by atoms with van der Waals surface area (Å²) in [6, 6.07) is 0. The summed E-state index contributed by atoms with van der Waals surface area (Å²) in [5, 5.41) is 14.2. The number of nitrogens with zero attached hydrogens (tertiary/aromatic N) is 4. The lowest BCUT2D eigenvalue weighted by atomic mass is 9.75. The van der Waals surface area contributed by atoms with Crippen LogP contribution in [0.15, 0.2) is 6.20 Å². The maximum atomic E-state index is 13.2. The zero-order valence-electron chi connectivity index (χ0n) is 14.3. The third-order valence-corrected chi connectivity index (χ3v) is 5.68. The Hall–Kier alpha value is -1.44. The average Bonchev–Trinajstić information content (AvgIpc) is 3.11. The molecule has 1 N–H and O–H groups in total. The Balaban J connectivity index is 1.55. The molecule has 4 rings (SSSR count). The van der Waals surface area contributed by atoms with E-state index < -0.39 is 0 Å². The van der Waals surface area contributed by atoms with Gasteiger partial charge in [0.25, 0.3) is 5.91 Å². The number of ether oxygens (including phenoxy) is 1. The Morgan fingerprint density at radius 2 is 2.29 bits per heavy atom. The number of aliphatic hydroxyl groups excluding tert-OH is 1. The van der Waals surface area contributed by atoms with Crippen LogP contribution in [0.2, 0.25) is 0 Å². The fourth-order valence-electron chi connectivity index (χ4n) is 4.21. The summed E-state index contributed by atoms with van der Waals surface area (Å²) < 4.78 is 7.37. The summed E-state index contributed by atoms with van der Waals surface area (Å²) in [5.74, 6) is 0.0355. The van der Waals surface area contributed by atoms with E-state index in [0.717, 1.165) is 37.8 Å². The van der Waals surface area contributed by atoms with Gasteiger partial charge in [0.2, 0.25) is 0 Å². The lowest BCUT2D eigenvalue weighted by Gasteiger charge is -2.52. The van der Waals surface area contributed by atoms with Gasteiger partial charge >= 0.3 is 0 Å². The van der Waals surface area contributed by atoms with Crippen molar-refractivity contribution in [3.63, 3.8) is 0 Å². The molecule has 1 saturated carbocycles. The molecule has 132 valence electrons. The number of likely N-dealkylation sites (tertiary alicyclic amines) is 1. The zero-order chi connectivity index (χ0) is 16.7. The van der Waals surface area contributed by atoms with Crippen LogP contribution in [0.4, 0.5) is 0 Å².